The molecule has 0 N–H and O–H groups in total. The average molecular weight is 316 g/mol. The summed E-state index contributed by atoms with van der Waals surface area (Å²) in [4.78, 5) is 0. The summed E-state index contributed by atoms with van der Waals surface area (Å²) in [6, 6.07) is 15.3. The van der Waals surface area contributed by atoms with Crippen LogP contribution in [0.2, 0.25) is 0 Å². The largest absolute Gasteiger partial charge is 0.330 e. The molecule has 2 heteroatoms. The molecule has 0 bridgehead atoms. The number of nitrogens with zero attached hydrogens (tertiary/aromatic N) is 2. The van der Waals surface area contributed by atoms with Crippen molar-refractivity contribution < 1.29 is 0 Å². The number of aryl methyl sites for hydroxylation is 2. The number of hydrogen-bond acceptors (Lipinski definition) is 0. The SMILES string of the molecule is C=c1n(C)c2c3ccccc3c(C)c3cccc(c32)n1C(C)(C)C. The molecule has 24 heavy (non-hydrogen) atoms. The van der Waals surface area contributed by atoms with Crippen molar-refractivity contribution in [1.82, 2.24) is 9.13 Å². The molecular formula is C22H24N2. The van der Waals surface area contributed by atoms with Crippen LogP contribution in [0.15, 0.2) is 42.5 Å². The molecule has 4 aromatic rings. The molecule has 0 unspecified atom stereocenters. The maximum Gasteiger partial charge on any atom is 0.106 e. The van der Waals surface area contributed by atoms with Gasteiger partial charge in [-0.1, -0.05) is 43.0 Å². The van der Waals surface area contributed by atoms with E-state index in [4.69, 9.17) is 0 Å². The van der Waals surface area contributed by atoms with Crippen molar-refractivity contribution >= 4 is 39.2 Å². The van der Waals surface area contributed by atoms with Crippen molar-refractivity contribution in [2.24, 2.45) is 7.05 Å². The van der Waals surface area contributed by atoms with Gasteiger partial charge in [0, 0.05) is 23.4 Å². The zero-order valence-electron chi connectivity index (χ0n) is 15.1. The lowest BCUT2D eigenvalue weighted by atomic mass is 9.94. The Morgan fingerprint density at radius 3 is 2.17 bits per heavy atom. The third-order valence-electron chi connectivity index (χ3n) is 5.16. The van der Waals surface area contributed by atoms with Crippen molar-refractivity contribution in [1.29, 1.82) is 0 Å². The van der Waals surface area contributed by atoms with Gasteiger partial charge in [-0.2, -0.15) is 0 Å². The quantitative estimate of drug-likeness (QED) is 0.318. The van der Waals surface area contributed by atoms with E-state index in [1.807, 2.05) is 0 Å². The molecule has 0 aliphatic rings. The molecule has 0 amide bonds. The van der Waals surface area contributed by atoms with E-state index in [1.54, 1.807) is 0 Å². The van der Waals surface area contributed by atoms with E-state index >= 15 is 0 Å². The summed E-state index contributed by atoms with van der Waals surface area (Å²) in [6.45, 7) is 13.4. The Morgan fingerprint density at radius 1 is 0.875 bits per heavy atom. The summed E-state index contributed by atoms with van der Waals surface area (Å²) < 4.78 is 4.61. The lowest BCUT2D eigenvalue weighted by Crippen LogP contribution is -2.39. The minimum absolute atomic E-state index is 0.0309. The van der Waals surface area contributed by atoms with Gasteiger partial charge < -0.3 is 9.13 Å². The third-order valence-corrected chi connectivity index (χ3v) is 5.16. The highest BCUT2D eigenvalue weighted by Gasteiger charge is 2.20. The number of benzene rings is 3. The smallest absolute Gasteiger partial charge is 0.106 e. The highest BCUT2D eigenvalue weighted by atomic mass is 15.1. The molecule has 122 valence electrons. The Bertz CT molecular complexity index is 1160. The standard InChI is InChI=1S/C22H24N2/c1-14-16-10-7-8-11-18(16)21-20-17(14)12-9-13-19(20)24(22(3,4)5)15(2)23(21)6/h7-13H,2H2,1,3-6H3. The molecule has 0 aliphatic heterocycles. The predicted octanol–water partition coefficient (Wildman–Crippen LogP) is 5.04. The molecule has 0 saturated heterocycles. The maximum atomic E-state index is 4.41. The summed E-state index contributed by atoms with van der Waals surface area (Å²) in [5.41, 5.74) is 4.87. The monoisotopic (exact) mass is 316 g/mol. The molecule has 0 fully saturated rings. The highest BCUT2D eigenvalue weighted by Crippen LogP contribution is 2.36. The van der Waals surface area contributed by atoms with Gasteiger partial charge in [0.05, 0.1) is 11.0 Å². The molecule has 1 aromatic heterocycles. The molecule has 0 saturated carbocycles. The van der Waals surface area contributed by atoms with E-state index < -0.39 is 0 Å². The molecule has 0 aliphatic carbocycles. The molecular weight excluding hydrogens is 292 g/mol. The molecule has 1 heterocycles. The van der Waals surface area contributed by atoms with Crippen LogP contribution < -0.4 is 5.48 Å². The van der Waals surface area contributed by atoms with Gasteiger partial charge in [0.2, 0.25) is 0 Å². The predicted molar refractivity (Wildman–Crippen MR) is 105 cm³/mol. The summed E-state index contributed by atoms with van der Waals surface area (Å²) >= 11 is 0. The van der Waals surface area contributed by atoms with Gasteiger partial charge in [0.25, 0.3) is 0 Å². The van der Waals surface area contributed by atoms with Crippen LogP contribution >= 0.6 is 0 Å². The second kappa shape index (κ2) is 4.76. The molecule has 4 rings (SSSR count). The second-order valence-corrected chi connectivity index (χ2v) is 7.70. The van der Waals surface area contributed by atoms with Crippen molar-refractivity contribution in [3.8, 4) is 0 Å². The fraction of sp³-hybridized carbons (Fsp3) is 0.273. The van der Waals surface area contributed by atoms with Crippen molar-refractivity contribution in [2.45, 2.75) is 33.2 Å². The fourth-order valence-electron chi connectivity index (χ4n) is 4.10. The van der Waals surface area contributed by atoms with Crippen LogP contribution in [0.3, 0.4) is 0 Å². The zero-order chi connectivity index (χ0) is 17.2. The van der Waals surface area contributed by atoms with Crippen LogP contribution in [0.25, 0.3) is 39.2 Å². The third kappa shape index (κ3) is 1.83. The van der Waals surface area contributed by atoms with Gasteiger partial charge in [-0.3, -0.25) is 0 Å². The zero-order valence-corrected chi connectivity index (χ0v) is 15.1. The first-order chi connectivity index (χ1) is 11.3. The fourth-order valence-corrected chi connectivity index (χ4v) is 4.10. The van der Waals surface area contributed by atoms with Crippen molar-refractivity contribution in [2.75, 3.05) is 0 Å². The van der Waals surface area contributed by atoms with Crippen LogP contribution in [-0.2, 0) is 12.6 Å². The Labute approximate surface area is 142 Å². The molecule has 2 nitrogen and oxygen atoms in total. The van der Waals surface area contributed by atoms with E-state index in [9.17, 15) is 0 Å². The van der Waals surface area contributed by atoms with Crippen LogP contribution in [0, 0.1) is 6.92 Å². The molecule has 3 aromatic carbocycles. The summed E-state index contributed by atoms with van der Waals surface area (Å²) in [5.74, 6) is 0. The van der Waals surface area contributed by atoms with Gasteiger partial charge >= 0.3 is 0 Å². The number of aromatic nitrogens is 2. The average Bonchev–Trinajstić information content (AvgIpc) is 2.53. The lowest BCUT2D eigenvalue weighted by Gasteiger charge is -2.30. The van der Waals surface area contributed by atoms with E-state index in [0.29, 0.717) is 0 Å². The second-order valence-electron chi connectivity index (χ2n) is 7.70. The minimum Gasteiger partial charge on any atom is -0.330 e. The molecule has 0 spiro atoms. The van der Waals surface area contributed by atoms with Crippen LogP contribution in [0.5, 0.6) is 0 Å². The van der Waals surface area contributed by atoms with Crippen molar-refractivity contribution in [3.63, 3.8) is 0 Å². The summed E-state index contributed by atoms with van der Waals surface area (Å²) in [6.07, 6.45) is 0. The van der Waals surface area contributed by atoms with Gasteiger partial charge in [-0.25, -0.2) is 0 Å². The van der Waals surface area contributed by atoms with Crippen LogP contribution in [-0.4, -0.2) is 9.13 Å². The maximum absolute atomic E-state index is 4.41. The van der Waals surface area contributed by atoms with E-state index in [0.717, 1.165) is 5.48 Å². The van der Waals surface area contributed by atoms with Gasteiger partial charge in [0.1, 0.15) is 5.48 Å². The Hall–Kier alpha value is -2.48. The first kappa shape index (κ1) is 15.1. The van der Waals surface area contributed by atoms with E-state index in [-0.39, 0.29) is 5.54 Å². The van der Waals surface area contributed by atoms with Crippen LogP contribution in [0.4, 0.5) is 0 Å². The topological polar surface area (TPSA) is 9.86 Å². The lowest BCUT2D eigenvalue weighted by molar-refractivity contribution is 0.388. The summed E-state index contributed by atoms with van der Waals surface area (Å²) in [7, 11) is 2.13. The van der Waals surface area contributed by atoms with Gasteiger partial charge in [-0.15, -0.1) is 0 Å². The van der Waals surface area contributed by atoms with Crippen molar-refractivity contribution in [3.05, 3.63) is 53.5 Å². The Kier molecular flexibility index (Phi) is 2.99. The van der Waals surface area contributed by atoms with Gasteiger partial charge in [0.15, 0.2) is 0 Å². The normalized spacial score (nSPS) is 12.5. The Balaban J connectivity index is 2.47. The van der Waals surface area contributed by atoms with E-state index in [2.05, 4.69) is 92.9 Å². The van der Waals surface area contributed by atoms with Gasteiger partial charge in [-0.05, 0) is 50.1 Å². The molecule has 0 atom stereocenters. The number of rotatable bonds is 0. The first-order valence-corrected chi connectivity index (χ1v) is 8.49. The summed E-state index contributed by atoms with van der Waals surface area (Å²) in [5, 5.41) is 5.28. The highest BCUT2D eigenvalue weighted by molar-refractivity contribution is 6.20. The van der Waals surface area contributed by atoms with E-state index in [1.165, 1.54) is 38.1 Å². The van der Waals surface area contributed by atoms with Crippen LogP contribution in [0.1, 0.15) is 26.3 Å². The Morgan fingerprint density at radius 2 is 1.50 bits per heavy atom. The minimum atomic E-state index is -0.0309. The first-order valence-electron chi connectivity index (χ1n) is 8.49. The number of hydrogen-bond donors (Lipinski definition) is 0. The number of fused-ring (bicyclic) bond motifs is 2. The molecule has 0 radical (unpaired) electrons.